The molecular formula is C60H86O12. The molecule has 12 nitrogen and oxygen atoms in total. The summed E-state index contributed by atoms with van der Waals surface area (Å²) >= 11 is 0. The largest absolute Gasteiger partial charge is 0.494 e. The lowest BCUT2D eigenvalue weighted by Crippen LogP contribution is -2.26. The molecule has 0 atom stereocenters. The van der Waals surface area contributed by atoms with E-state index in [4.69, 9.17) is 43.7 Å². The first kappa shape index (κ1) is 60.9. The summed E-state index contributed by atoms with van der Waals surface area (Å²) in [5, 5.41) is 27.3. The molecule has 12 heteroatoms. The molecule has 0 amide bonds. The van der Waals surface area contributed by atoms with Crippen LogP contribution in [0, 0.1) is 0 Å². The lowest BCUT2D eigenvalue weighted by Gasteiger charge is -2.18. The molecule has 0 aliphatic carbocycles. The maximum absolute atomic E-state index is 11.1. The van der Waals surface area contributed by atoms with E-state index in [0.29, 0.717) is 49.7 Å². The second-order valence-electron chi connectivity index (χ2n) is 18.6. The first-order valence-corrected chi connectivity index (χ1v) is 26.8. The van der Waals surface area contributed by atoms with Crippen LogP contribution >= 0.6 is 0 Å². The van der Waals surface area contributed by atoms with Crippen molar-refractivity contribution < 1.29 is 58.1 Å². The Balaban J connectivity index is 1.19. The molecule has 0 aromatic heterocycles. The van der Waals surface area contributed by atoms with Crippen LogP contribution in [0.2, 0.25) is 0 Å². The average Bonchev–Trinajstić information content (AvgIpc) is 3.38. The number of rotatable bonds is 47. The molecule has 0 bridgehead atoms. The number of carboxylic acid groups (broad SMARTS) is 3. The van der Waals surface area contributed by atoms with Crippen molar-refractivity contribution in [3.05, 3.63) is 109 Å². The molecule has 0 heterocycles. The Morgan fingerprint density at radius 3 is 0.806 bits per heavy atom. The Labute approximate surface area is 430 Å². The summed E-state index contributed by atoms with van der Waals surface area (Å²) < 4.78 is 36.0. The van der Waals surface area contributed by atoms with Gasteiger partial charge in [-0.3, -0.25) is 0 Å². The maximum atomic E-state index is 11.1. The Kier molecular flexibility index (Phi) is 33.1. The molecule has 0 radical (unpaired) electrons. The van der Waals surface area contributed by atoms with Crippen molar-refractivity contribution in [1.82, 2.24) is 0 Å². The fourth-order valence-corrected chi connectivity index (χ4v) is 8.02. The summed E-state index contributed by atoms with van der Waals surface area (Å²) in [5.41, 5.74) is 2.00. The van der Waals surface area contributed by atoms with E-state index in [0.717, 1.165) is 114 Å². The molecule has 3 aromatic rings. The van der Waals surface area contributed by atoms with Gasteiger partial charge in [0.2, 0.25) is 0 Å². The minimum absolute atomic E-state index is 0.0603. The number of unbranched alkanes of at least 4 members (excludes halogenated alkanes) is 21. The van der Waals surface area contributed by atoms with Gasteiger partial charge in [-0.15, -0.1) is 0 Å². The van der Waals surface area contributed by atoms with Gasteiger partial charge in [0.15, 0.2) is 0 Å². The van der Waals surface area contributed by atoms with Gasteiger partial charge in [0.05, 0.1) is 49.8 Å². The van der Waals surface area contributed by atoms with E-state index in [1.165, 1.54) is 77.0 Å². The number of carboxylic acids is 3. The summed E-state index contributed by atoms with van der Waals surface area (Å²) in [7, 11) is 0. The van der Waals surface area contributed by atoms with Crippen LogP contribution in [-0.2, 0) is 28.6 Å². The molecule has 0 aliphatic heterocycles. The summed E-state index contributed by atoms with van der Waals surface area (Å²) in [6.07, 6.45) is 27.4. The van der Waals surface area contributed by atoms with Crippen molar-refractivity contribution in [2.75, 3.05) is 52.9 Å². The standard InChI is InChI=1S/C60H86O12/c1-48(58(61)62)51-28-34-54(35-29-51)69-42-24-18-12-6-4-10-16-22-40-67-46-57(72-45-27-21-15-9-8-14-20-26-44-71-56-38-32-53(33-39-56)50(3)60(65)66)47-68-41-23-17-11-5-7-13-19-25-43-70-55-36-30-52(31-37-55)49(2)59(63)64/h28-39,57H,1-27,40-47H2,(H,61,62)(H,63,64)(H,65,66). The van der Waals surface area contributed by atoms with Crippen molar-refractivity contribution in [2.45, 2.75) is 160 Å². The van der Waals surface area contributed by atoms with Crippen LogP contribution in [-0.4, -0.2) is 92.2 Å². The van der Waals surface area contributed by atoms with Crippen LogP contribution in [0.3, 0.4) is 0 Å². The van der Waals surface area contributed by atoms with E-state index in [1.54, 1.807) is 72.8 Å². The van der Waals surface area contributed by atoms with E-state index >= 15 is 0 Å². The number of aliphatic carboxylic acids is 3. The Bertz CT molecular complexity index is 1860. The normalized spacial score (nSPS) is 11.1. The summed E-state index contributed by atoms with van der Waals surface area (Å²) in [4.78, 5) is 33.3. The van der Waals surface area contributed by atoms with Crippen molar-refractivity contribution in [3.63, 3.8) is 0 Å². The van der Waals surface area contributed by atoms with Gasteiger partial charge in [-0.2, -0.15) is 0 Å². The highest BCUT2D eigenvalue weighted by Crippen LogP contribution is 2.22. The fraction of sp³-hybridized carbons (Fsp3) is 0.550. The number of carbonyl (C=O) groups is 3. The minimum Gasteiger partial charge on any atom is -0.494 e. The molecule has 0 aliphatic rings. The van der Waals surface area contributed by atoms with Gasteiger partial charge in [-0.1, -0.05) is 172 Å². The van der Waals surface area contributed by atoms with Crippen LogP contribution in [0.15, 0.2) is 92.5 Å². The maximum Gasteiger partial charge on any atom is 0.335 e. The minimum atomic E-state index is -1.02. The summed E-state index contributed by atoms with van der Waals surface area (Å²) in [5.74, 6) is -0.821. The Hall–Kier alpha value is -5.43. The highest BCUT2D eigenvalue weighted by atomic mass is 16.6. The quantitative estimate of drug-likeness (QED) is 0.0362. The number of hydrogen-bond donors (Lipinski definition) is 3. The average molecular weight is 999 g/mol. The first-order chi connectivity index (χ1) is 35.0. The number of ether oxygens (including phenoxy) is 6. The topological polar surface area (TPSA) is 167 Å². The van der Waals surface area contributed by atoms with E-state index < -0.39 is 17.9 Å². The summed E-state index contributed by atoms with van der Waals surface area (Å²) in [6.45, 7) is 16.0. The van der Waals surface area contributed by atoms with Gasteiger partial charge in [0.25, 0.3) is 0 Å². The van der Waals surface area contributed by atoms with Crippen molar-refractivity contribution >= 4 is 34.6 Å². The number of benzene rings is 3. The highest BCUT2D eigenvalue weighted by molar-refractivity contribution is 6.15. The van der Waals surface area contributed by atoms with Gasteiger partial charge < -0.3 is 43.7 Å². The third-order valence-electron chi connectivity index (χ3n) is 12.6. The fourth-order valence-electron chi connectivity index (χ4n) is 8.02. The molecular weight excluding hydrogens is 913 g/mol. The van der Waals surface area contributed by atoms with Crippen molar-refractivity contribution in [1.29, 1.82) is 0 Å². The van der Waals surface area contributed by atoms with Crippen LogP contribution in [0.1, 0.15) is 171 Å². The van der Waals surface area contributed by atoms with Crippen molar-refractivity contribution in [2.24, 2.45) is 0 Å². The molecule has 3 N–H and O–H groups in total. The van der Waals surface area contributed by atoms with Gasteiger partial charge in [-0.25, -0.2) is 14.4 Å². The third-order valence-corrected chi connectivity index (χ3v) is 12.6. The molecule has 0 fully saturated rings. The zero-order valence-corrected chi connectivity index (χ0v) is 43.3. The van der Waals surface area contributed by atoms with E-state index in [1.807, 2.05) is 0 Å². The van der Waals surface area contributed by atoms with Gasteiger partial charge in [-0.05, 0) is 91.6 Å². The molecule has 72 heavy (non-hydrogen) atoms. The molecule has 0 saturated heterocycles. The van der Waals surface area contributed by atoms with Crippen LogP contribution in [0.5, 0.6) is 17.2 Å². The molecule has 3 rings (SSSR count). The molecule has 398 valence electrons. The Morgan fingerprint density at radius 2 is 0.556 bits per heavy atom. The zero-order chi connectivity index (χ0) is 51.9. The highest BCUT2D eigenvalue weighted by Gasteiger charge is 2.12. The summed E-state index contributed by atoms with van der Waals surface area (Å²) in [6, 6.07) is 21.2. The van der Waals surface area contributed by atoms with Gasteiger partial charge in [0, 0.05) is 19.8 Å². The number of hydrogen-bond acceptors (Lipinski definition) is 9. The monoisotopic (exact) mass is 999 g/mol. The second-order valence-corrected chi connectivity index (χ2v) is 18.6. The lowest BCUT2D eigenvalue weighted by atomic mass is 10.1. The van der Waals surface area contributed by atoms with Gasteiger partial charge in [0.1, 0.15) is 23.4 Å². The van der Waals surface area contributed by atoms with Crippen LogP contribution in [0.25, 0.3) is 16.7 Å². The molecule has 0 unspecified atom stereocenters. The van der Waals surface area contributed by atoms with Crippen LogP contribution in [0.4, 0.5) is 0 Å². The molecule has 0 spiro atoms. The molecule has 3 aromatic carbocycles. The van der Waals surface area contributed by atoms with E-state index in [-0.39, 0.29) is 22.8 Å². The predicted octanol–water partition coefficient (Wildman–Crippen LogP) is 14.3. The van der Waals surface area contributed by atoms with Gasteiger partial charge >= 0.3 is 17.9 Å². The second kappa shape index (κ2) is 39.1. The van der Waals surface area contributed by atoms with E-state index in [9.17, 15) is 14.4 Å². The Morgan fingerprint density at radius 1 is 0.333 bits per heavy atom. The predicted molar refractivity (Wildman–Crippen MR) is 288 cm³/mol. The molecule has 0 saturated carbocycles. The first-order valence-electron chi connectivity index (χ1n) is 26.8. The third kappa shape index (κ3) is 28.6. The van der Waals surface area contributed by atoms with Crippen LogP contribution < -0.4 is 14.2 Å². The van der Waals surface area contributed by atoms with Crippen molar-refractivity contribution in [3.8, 4) is 17.2 Å². The van der Waals surface area contributed by atoms with E-state index in [2.05, 4.69) is 19.7 Å². The zero-order valence-electron chi connectivity index (χ0n) is 43.3. The lowest BCUT2D eigenvalue weighted by molar-refractivity contribution is -0.131. The SMILES string of the molecule is C=C(C(=O)O)c1ccc(OCCCCCCCCCCOCC(COCCCCCCCCCCOc2ccc(C(=C)C(=O)O)cc2)OCCCCCCCCCCOc2ccc(C(=C)C(=O)O)cc2)cc1. The smallest absolute Gasteiger partial charge is 0.335 e.